The quantitative estimate of drug-likeness (QED) is 0.699. The molecule has 3 atom stereocenters. The van der Waals surface area contributed by atoms with Crippen LogP contribution in [0, 0.1) is 11.8 Å². The van der Waals surface area contributed by atoms with Gasteiger partial charge in [-0.25, -0.2) is 4.98 Å². The molecule has 16 heavy (non-hydrogen) atoms. The van der Waals surface area contributed by atoms with Crippen LogP contribution in [0.3, 0.4) is 0 Å². The molecule has 0 radical (unpaired) electrons. The van der Waals surface area contributed by atoms with Crippen molar-refractivity contribution in [2.75, 3.05) is 18.0 Å². The highest BCUT2D eigenvalue weighted by Crippen LogP contribution is 2.39. The molecule has 2 heterocycles. The number of aromatic nitrogens is 2. The second-order valence-electron chi connectivity index (χ2n) is 4.74. The summed E-state index contributed by atoms with van der Waals surface area (Å²) in [5, 5.41) is 9.80. The largest absolute Gasteiger partial charge is 0.393 e. The Labute approximate surface area is 93.1 Å². The summed E-state index contributed by atoms with van der Waals surface area (Å²) in [4.78, 5) is 20.0. The first kappa shape index (κ1) is 9.84. The van der Waals surface area contributed by atoms with Gasteiger partial charge in [0.25, 0.3) is 5.56 Å². The number of nitrogens with one attached hydrogen (secondary N) is 1. The standard InChI is InChI=1S/C11H15N3O2/c15-9-2-1-7-4-14(5-8(7)9)10-3-11(16)13-6-12-10/h3,6-9,15H,1-2,4-5H2,(H,12,13,16). The van der Waals surface area contributed by atoms with Gasteiger partial charge in [-0.2, -0.15) is 0 Å². The van der Waals surface area contributed by atoms with Gasteiger partial charge in [0.1, 0.15) is 5.82 Å². The molecule has 3 unspecified atom stereocenters. The van der Waals surface area contributed by atoms with Crippen molar-refractivity contribution in [3.8, 4) is 0 Å². The minimum atomic E-state index is -0.169. The molecule has 1 aromatic rings. The lowest BCUT2D eigenvalue weighted by Gasteiger charge is -2.18. The minimum absolute atomic E-state index is 0.123. The van der Waals surface area contributed by atoms with Crippen molar-refractivity contribution in [1.29, 1.82) is 0 Å². The Morgan fingerprint density at radius 1 is 1.44 bits per heavy atom. The maximum absolute atomic E-state index is 11.2. The van der Waals surface area contributed by atoms with E-state index in [1.165, 1.54) is 12.4 Å². The number of aromatic amines is 1. The van der Waals surface area contributed by atoms with Crippen molar-refractivity contribution in [3.63, 3.8) is 0 Å². The first-order chi connectivity index (χ1) is 7.74. The van der Waals surface area contributed by atoms with Gasteiger partial charge in [0, 0.05) is 25.1 Å². The van der Waals surface area contributed by atoms with E-state index in [-0.39, 0.29) is 11.7 Å². The summed E-state index contributed by atoms with van der Waals surface area (Å²) in [6, 6.07) is 1.52. The zero-order valence-electron chi connectivity index (χ0n) is 8.97. The lowest BCUT2D eigenvalue weighted by atomic mass is 10.00. The van der Waals surface area contributed by atoms with E-state index in [2.05, 4.69) is 14.9 Å². The highest BCUT2D eigenvalue weighted by Gasteiger charge is 2.42. The predicted octanol–water partition coefficient (Wildman–Crippen LogP) is -0.0230. The van der Waals surface area contributed by atoms with E-state index >= 15 is 0 Å². The van der Waals surface area contributed by atoms with Crippen LogP contribution in [0.4, 0.5) is 5.82 Å². The van der Waals surface area contributed by atoms with Crippen LogP contribution in [0.2, 0.25) is 0 Å². The molecular weight excluding hydrogens is 206 g/mol. The Morgan fingerprint density at radius 3 is 3.06 bits per heavy atom. The molecule has 2 aliphatic rings. The molecule has 2 fully saturated rings. The fourth-order valence-electron chi connectivity index (χ4n) is 2.95. The van der Waals surface area contributed by atoms with E-state index in [4.69, 9.17) is 0 Å². The minimum Gasteiger partial charge on any atom is -0.393 e. The molecule has 2 N–H and O–H groups in total. The number of anilines is 1. The molecule has 0 aromatic carbocycles. The predicted molar refractivity (Wildman–Crippen MR) is 59.3 cm³/mol. The number of hydrogen-bond donors (Lipinski definition) is 2. The van der Waals surface area contributed by atoms with E-state index in [9.17, 15) is 9.90 Å². The average molecular weight is 221 g/mol. The molecule has 5 nitrogen and oxygen atoms in total. The molecular formula is C11H15N3O2. The molecule has 1 saturated heterocycles. The van der Waals surface area contributed by atoms with Crippen molar-refractivity contribution in [3.05, 3.63) is 22.7 Å². The molecule has 86 valence electrons. The summed E-state index contributed by atoms with van der Waals surface area (Å²) in [7, 11) is 0. The van der Waals surface area contributed by atoms with Crippen molar-refractivity contribution in [2.45, 2.75) is 18.9 Å². The van der Waals surface area contributed by atoms with E-state index in [0.29, 0.717) is 11.8 Å². The van der Waals surface area contributed by atoms with Gasteiger partial charge in [-0.3, -0.25) is 4.79 Å². The summed E-state index contributed by atoms with van der Waals surface area (Å²) in [6.07, 6.45) is 3.27. The van der Waals surface area contributed by atoms with Gasteiger partial charge in [-0.05, 0) is 18.8 Å². The summed E-state index contributed by atoms with van der Waals surface area (Å²) in [5.41, 5.74) is -0.123. The second kappa shape index (κ2) is 3.59. The highest BCUT2D eigenvalue weighted by atomic mass is 16.3. The first-order valence-electron chi connectivity index (χ1n) is 5.72. The summed E-state index contributed by atoms with van der Waals surface area (Å²) >= 11 is 0. The monoisotopic (exact) mass is 221 g/mol. The van der Waals surface area contributed by atoms with Gasteiger partial charge in [-0.1, -0.05) is 0 Å². The fourth-order valence-corrected chi connectivity index (χ4v) is 2.95. The number of rotatable bonds is 1. The molecule has 5 heteroatoms. The Morgan fingerprint density at radius 2 is 2.31 bits per heavy atom. The Hall–Kier alpha value is -1.36. The maximum Gasteiger partial charge on any atom is 0.252 e. The first-order valence-corrected chi connectivity index (χ1v) is 5.72. The average Bonchev–Trinajstić information content (AvgIpc) is 2.81. The van der Waals surface area contributed by atoms with Crippen LogP contribution in [0.25, 0.3) is 0 Å². The second-order valence-corrected chi connectivity index (χ2v) is 4.74. The Balaban J connectivity index is 1.82. The highest BCUT2D eigenvalue weighted by molar-refractivity contribution is 5.38. The summed E-state index contributed by atoms with van der Waals surface area (Å²) in [5.74, 6) is 1.66. The lowest BCUT2D eigenvalue weighted by molar-refractivity contribution is 0.133. The third-order valence-electron chi connectivity index (χ3n) is 3.81. The van der Waals surface area contributed by atoms with Crippen LogP contribution >= 0.6 is 0 Å². The number of aliphatic hydroxyl groups is 1. The van der Waals surface area contributed by atoms with Crippen LogP contribution in [0.5, 0.6) is 0 Å². The zero-order chi connectivity index (χ0) is 11.1. The summed E-state index contributed by atoms with van der Waals surface area (Å²) in [6.45, 7) is 1.74. The van der Waals surface area contributed by atoms with Gasteiger partial charge < -0.3 is 15.0 Å². The van der Waals surface area contributed by atoms with Gasteiger partial charge in [-0.15, -0.1) is 0 Å². The maximum atomic E-state index is 11.2. The molecule has 0 amide bonds. The smallest absolute Gasteiger partial charge is 0.252 e. The third-order valence-corrected chi connectivity index (χ3v) is 3.81. The number of aliphatic hydroxyl groups excluding tert-OH is 1. The summed E-state index contributed by atoms with van der Waals surface area (Å²) < 4.78 is 0. The van der Waals surface area contributed by atoms with Gasteiger partial charge in [0.2, 0.25) is 0 Å². The van der Waals surface area contributed by atoms with Crippen molar-refractivity contribution in [1.82, 2.24) is 9.97 Å². The van der Waals surface area contributed by atoms with Crippen LogP contribution in [-0.2, 0) is 0 Å². The fraction of sp³-hybridized carbons (Fsp3) is 0.636. The number of H-pyrrole nitrogens is 1. The zero-order valence-corrected chi connectivity index (χ0v) is 8.97. The van der Waals surface area contributed by atoms with Crippen molar-refractivity contribution >= 4 is 5.82 Å². The van der Waals surface area contributed by atoms with Gasteiger partial charge in [0.05, 0.1) is 12.4 Å². The van der Waals surface area contributed by atoms with E-state index in [1.54, 1.807) is 0 Å². The van der Waals surface area contributed by atoms with Crippen molar-refractivity contribution < 1.29 is 5.11 Å². The lowest BCUT2D eigenvalue weighted by Crippen LogP contribution is -2.26. The van der Waals surface area contributed by atoms with Gasteiger partial charge in [0.15, 0.2) is 0 Å². The van der Waals surface area contributed by atoms with Crippen LogP contribution < -0.4 is 10.5 Å². The number of nitrogens with zero attached hydrogens (tertiary/aromatic N) is 2. The molecule has 1 aliphatic carbocycles. The number of hydrogen-bond acceptors (Lipinski definition) is 4. The Kier molecular flexibility index (Phi) is 2.21. The third kappa shape index (κ3) is 1.51. The van der Waals surface area contributed by atoms with Crippen LogP contribution in [0.1, 0.15) is 12.8 Å². The van der Waals surface area contributed by atoms with Crippen molar-refractivity contribution in [2.24, 2.45) is 11.8 Å². The molecule has 0 bridgehead atoms. The normalized spacial score (nSPS) is 33.1. The van der Waals surface area contributed by atoms with Gasteiger partial charge >= 0.3 is 0 Å². The van der Waals surface area contributed by atoms with E-state index in [0.717, 1.165) is 31.7 Å². The SMILES string of the molecule is O=c1cc(N2CC3CCC(O)C3C2)nc[nH]1. The van der Waals surface area contributed by atoms with Crippen LogP contribution in [-0.4, -0.2) is 34.3 Å². The topological polar surface area (TPSA) is 69.2 Å². The Bertz CT molecular complexity index is 445. The molecule has 3 rings (SSSR count). The van der Waals surface area contributed by atoms with E-state index in [1.807, 2.05) is 0 Å². The molecule has 0 spiro atoms. The molecule has 1 aliphatic heterocycles. The molecule has 1 saturated carbocycles. The number of fused-ring (bicyclic) bond motifs is 1. The molecule has 1 aromatic heterocycles. The van der Waals surface area contributed by atoms with E-state index < -0.39 is 0 Å². The van der Waals surface area contributed by atoms with Crippen LogP contribution in [0.15, 0.2) is 17.2 Å².